The minimum absolute atomic E-state index is 0.0923. The molecule has 0 aliphatic heterocycles. The van der Waals surface area contributed by atoms with Gasteiger partial charge in [0.05, 0.1) is 0 Å². The van der Waals surface area contributed by atoms with E-state index in [2.05, 4.69) is 32.5 Å². The van der Waals surface area contributed by atoms with Crippen molar-refractivity contribution in [3.63, 3.8) is 0 Å². The SMILES string of the molecule is O=C(/N=C(/NC(=O)c1ccccc1)n1cncn1)OCC1c2ccccc2-c2ccccc21. The first-order chi connectivity index (χ1) is 16.2. The quantitative estimate of drug-likeness (QED) is 0.388. The molecule has 1 aliphatic rings. The van der Waals surface area contributed by atoms with Gasteiger partial charge in [0.25, 0.3) is 5.91 Å². The predicted molar refractivity (Wildman–Crippen MR) is 122 cm³/mol. The molecule has 1 aromatic heterocycles. The Bertz CT molecular complexity index is 1290. The first-order valence-electron chi connectivity index (χ1n) is 10.4. The monoisotopic (exact) mass is 437 g/mol. The molecule has 0 radical (unpaired) electrons. The van der Waals surface area contributed by atoms with Gasteiger partial charge in [-0.2, -0.15) is 9.78 Å². The summed E-state index contributed by atoms with van der Waals surface area (Å²) in [5, 5.41) is 6.56. The molecule has 8 nitrogen and oxygen atoms in total. The van der Waals surface area contributed by atoms with E-state index in [-0.39, 0.29) is 18.5 Å². The second kappa shape index (κ2) is 8.88. The lowest BCUT2D eigenvalue weighted by Gasteiger charge is -2.13. The van der Waals surface area contributed by atoms with Gasteiger partial charge in [-0.15, -0.1) is 4.99 Å². The fraction of sp³-hybridized carbons (Fsp3) is 0.0800. The molecule has 0 bridgehead atoms. The highest BCUT2D eigenvalue weighted by Gasteiger charge is 2.29. The predicted octanol–water partition coefficient (Wildman–Crippen LogP) is 3.86. The standard InChI is InChI=1S/C25H19N5O3/c31-23(17-8-2-1-3-9-17)28-24(30-16-26-15-27-30)29-25(32)33-14-22-20-12-6-4-10-18(20)19-11-5-7-13-21(19)22/h1-13,15-16,22H,14H2,(H,28,29,31,32). The van der Waals surface area contributed by atoms with Crippen LogP contribution in [0.15, 0.2) is 96.5 Å². The minimum atomic E-state index is -0.837. The molecule has 1 aliphatic carbocycles. The highest BCUT2D eigenvalue weighted by molar-refractivity contribution is 6.08. The summed E-state index contributed by atoms with van der Waals surface area (Å²) in [6.45, 7) is 0.119. The van der Waals surface area contributed by atoms with Gasteiger partial charge < -0.3 is 4.74 Å². The summed E-state index contributed by atoms with van der Waals surface area (Å²) in [5.41, 5.74) is 4.89. The number of aromatic nitrogens is 3. The Morgan fingerprint density at radius 2 is 1.55 bits per heavy atom. The van der Waals surface area contributed by atoms with Gasteiger partial charge >= 0.3 is 6.09 Å². The fourth-order valence-corrected chi connectivity index (χ4v) is 3.93. The van der Waals surface area contributed by atoms with Crippen molar-refractivity contribution < 1.29 is 14.3 Å². The molecule has 162 valence electrons. The number of hydrogen-bond donors (Lipinski definition) is 1. The van der Waals surface area contributed by atoms with Crippen LogP contribution in [0.3, 0.4) is 0 Å². The van der Waals surface area contributed by atoms with Crippen molar-refractivity contribution in [1.82, 2.24) is 20.1 Å². The van der Waals surface area contributed by atoms with Crippen molar-refractivity contribution >= 4 is 18.0 Å². The normalized spacial score (nSPS) is 12.7. The van der Waals surface area contributed by atoms with Crippen molar-refractivity contribution in [2.24, 2.45) is 4.99 Å². The minimum Gasteiger partial charge on any atom is -0.447 e. The third kappa shape index (κ3) is 4.14. The van der Waals surface area contributed by atoms with E-state index >= 15 is 0 Å². The summed E-state index contributed by atoms with van der Waals surface area (Å²) in [7, 11) is 0. The molecule has 33 heavy (non-hydrogen) atoms. The highest BCUT2D eigenvalue weighted by atomic mass is 16.5. The number of ether oxygens (including phenoxy) is 1. The molecule has 0 fully saturated rings. The molecular formula is C25H19N5O3. The van der Waals surface area contributed by atoms with Gasteiger partial charge in [-0.1, -0.05) is 66.7 Å². The van der Waals surface area contributed by atoms with Gasteiger partial charge in [0, 0.05) is 11.5 Å². The van der Waals surface area contributed by atoms with E-state index < -0.39 is 12.0 Å². The van der Waals surface area contributed by atoms with Crippen molar-refractivity contribution in [2.75, 3.05) is 6.61 Å². The summed E-state index contributed by atoms with van der Waals surface area (Å²) >= 11 is 0. The van der Waals surface area contributed by atoms with E-state index in [1.54, 1.807) is 30.3 Å². The van der Waals surface area contributed by atoms with Gasteiger partial charge in [-0.05, 0) is 34.4 Å². The number of aliphatic imine (C=N–C) groups is 1. The lowest BCUT2D eigenvalue weighted by molar-refractivity contribution is 0.0975. The highest BCUT2D eigenvalue weighted by Crippen LogP contribution is 2.44. The van der Waals surface area contributed by atoms with Crippen molar-refractivity contribution in [1.29, 1.82) is 0 Å². The zero-order chi connectivity index (χ0) is 22.6. The second-order valence-electron chi connectivity index (χ2n) is 7.40. The van der Waals surface area contributed by atoms with E-state index in [4.69, 9.17) is 4.74 Å². The molecule has 0 saturated heterocycles. The van der Waals surface area contributed by atoms with E-state index in [9.17, 15) is 9.59 Å². The van der Waals surface area contributed by atoms with Crippen molar-refractivity contribution in [3.05, 3.63) is 108 Å². The molecule has 0 spiro atoms. The van der Waals surface area contributed by atoms with Crippen LogP contribution in [-0.4, -0.2) is 39.3 Å². The van der Waals surface area contributed by atoms with E-state index in [0.29, 0.717) is 5.56 Å². The Hall–Kier alpha value is -4.59. The van der Waals surface area contributed by atoms with Gasteiger partial charge in [-0.25, -0.2) is 9.78 Å². The lowest BCUT2D eigenvalue weighted by Crippen LogP contribution is -2.36. The maximum absolute atomic E-state index is 12.6. The van der Waals surface area contributed by atoms with Crippen LogP contribution in [-0.2, 0) is 4.74 Å². The van der Waals surface area contributed by atoms with Crippen LogP contribution in [0.5, 0.6) is 0 Å². The summed E-state index contributed by atoms with van der Waals surface area (Å²) in [6, 6.07) is 24.7. The van der Waals surface area contributed by atoms with Crippen LogP contribution < -0.4 is 5.32 Å². The summed E-state index contributed by atoms with van der Waals surface area (Å²) in [6.07, 6.45) is 1.78. The lowest BCUT2D eigenvalue weighted by atomic mass is 9.98. The number of fused-ring (bicyclic) bond motifs is 3. The zero-order valence-electron chi connectivity index (χ0n) is 17.5. The number of hydrogen-bond acceptors (Lipinski definition) is 5. The molecule has 1 N–H and O–H groups in total. The first kappa shape index (κ1) is 20.3. The first-order valence-corrected chi connectivity index (χ1v) is 10.4. The number of nitrogens with zero attached hydrogens (tertiary/aromatic N) is 4. The van der Waals surface area contributed by atoms with Crippen LogP contribution in [0.2, 0.25) is 0 Å². The van der Waals surface area contributed by atoms with Crippen molar-refractivity contribution in [2.45, 2.75) is 5.92 Å². The Morgan fingerprint density at radius 1 is 0.909 bits per heavy atom. The summed E-state index contributed by atoms with van der Waals surface area (Å²) < 4.78 is 6.71. The number of nitrogens with one attached hydrogen (secondary N) is 1. The number of amides is 2. The van der Waals surface area contributed by atoms with Gasteiger partial charge in [-0.3, -0.25) is 10.1 Å². The van der Waals surface area contributed by atoms with Gasteiger partial charge in [0.1, 0.15) is 19.3 Å². The Kier molecular flexibility index (Phi) is 5.47. The van der Waals surface area contributed by atoms with E-state index in [1.807, 2.05) is 36.4 Å². The Balaban J connectivity index is 1.35. The topological polar surface area (TPSA) is 98.5 Å². The van der Waals surface area contributed by atoms with Gasteiger partial charge in [0.2, 0.25) is 5.96 Å². The molecule has 0 atom stereocenters. The van der Waals surface area contributed by atoms with E-state index in [1.165, 1.54) is 17.3 Å². The van der Waals surface area contributed by atoms with Crippen LogP contribution in [0.1, 0.15) is 27.4 Å². The largest absolute Gasteiger partial charge is 0.447 e. The van der Waals surface area contributed by atoms with Crippen LogP contribution in [0, 0.1) is 0 Å². The van der Waals surface area contributed by atoms with Crippen LogP contribution in [0.25, 0.3) is 11.1 Å². The average molecular weight is 437 g/mol. The second-order valence-corrected chi connectivity index (χ2v) is 7.40. The maximum atomic E-state index is 12.6. The maximum Gasteiger partial charge on any atom is 0.436 e. The number of benzene rings is 3. The zero-order valence-corrected chi connectivity index (χ0v) is 17.5. The molecule has 8 heteroatoms. The van der Waals surface area contributed by atoms with E-state index in [0.717, 1.165) is 22.3 Å². The number of carbonyl (C=O) groups excluding carboxylic acids is 2. The molecule has 4 aromatic rings. The molecule has 0 saturated carbocycles. The molecule has 5 rings (SSSR count). The smallest absolute Gasteiger partial charge is 0.436 e. The summed E-state index contributed by atoms with van der Waals surface area (Å²) in [5.74, 6) is -0.625. The average Bonchev–Trinajstić information content (AvgIpc) is 3.50. The summed E-state index contributed by atoms with van der Waals surface area (Å²) in [4.78, 5) is 33.0. The number of rotatable bonds is 3. The fourth-order valence-electron chi connectivity index (χ4n) is 3.93. The van der Waals surface area contributed by atoms with Gasteiger partial charge in [0.15, 0.2) is 0 Å². The van der Waals surface area contributed by atoms with Crippen LogP contribution in [0.4, 0.5) is 4.79 Å². The Morgan fingerprint density at radius 3 is 2.18 bits per heavy atom. The molecule has 1 heterocycles. The molecule has 3 aromatic carbocycles. The third-order valence-electron chi connectivity index (χ3n) is 5.43. The third-order valence-corrected chi connectivity index (χ3v) is 5.43. The molecule has 0 unspecified atom stereocenters. The Labute approximate surface area is 189 Å². The molecule has 2 amide bonds. The molecular weight excluding hydrogens is 418 g/mol. The van der Waals surface area contributed by atoms with Crippen LogP contribution >= 0.6 is 0 Å². The van der Waals surface area contributed by atoms with Crippen molar-refractivity contribution in [3.8, 4) is 11.1 Å². The number of carbonyl (C=O) groups is 2.